The molecule has 1 amide bonds. The summed E-state index contributed by atoms with van der Waals surface area (Å²) in [6.45, 7) is 5.24. The van der Waals surface area contributed by atoms with E-state index in [1.165, 1.54) is 17.0 Å². The number of benzene rings is 3. The van der Waals surface area contributed by atoms with Crippen LogP contribution in [0.1, 0.15) is 26.3 Å². The van der Waals surface area contributed by atoms with Crippen molar-refractivity contribution in [1.29, 1.82) is 0 Å². The molecule has 3 aromatic carbocycles. The Labute approximate surface area is 205 Å². The number of ether oxygens (including phenoxy) is 3. The number of esters is 1. The summed E-state index contributed by atoms with van der Waals surface area (Å²) < 4.78 is 29.6. The minimum Gasteiger partial charge on any atom is -0.497 e. The highest BCUT2D eigenvalue weighted by molar-refractivity contribution is 6.10. The topological polar surface area (TPSA) is 65.1 Å². The summed E-state index contributed by atoms with van der Waals surface area (Å²) in [5.74, 6) is -1.43. The van der Waals surface area contributed by atoms with Crippen molar-refractivity contribution in [2.24, 2.45) is 5.92 Å². The molecule has 0 aliphatic rings. The fourth-order valence-corrected chi connectivity index (χ4v) is 3.52. The van der Waals surface area contributed by atoms with Gasteiger partial charge in [0.15, 0.2) is 0 Å². The summed E-state index contributed by atoms with van der Waals surface area (Å²) >= 11 is 0. The van der Waals surface area contributed by atoms with E-state index in [9.17, 15) is 14.0 Å². The summed E-state index contributed by atoms with van der Waals surface area (Å²) in [5.41, 5.74) is 0.950. The molecule has 0 fully saturated rings. The minimum atomic E-state index is -1.16. The Morgan fingerprint density at radius 1 is 0.800 bits per heavy atom. The van der Waals surface area contributed by atoms with Crippen LogP contribution in [0.15, 0.2) is 72.8 Å². The van der Waals surface area contributed by atoms with Crippen molar-refractivity contribution in [3.8, 4) is 11.5 Å². The summed E-state index contributed by atoms with van der Waals surface area (Å²) in [6, 6.07) is 19.6. The molecule has 0 bridgehead atoms. The van der Waals surface area contributed by atoms with Gasteiger partial charge in [0.05, 0.1) is 14.2 Å². The molecule has 184 valence electrons. The quantitative estimate of drug-likeness (QED) is 0.306. The van der Waals surface area contributed by atoms with Gasteiger partial charge < -0.3 is 14.2 Å². The molecule has 0 unspecified atom stereocenters. The Hall–Kier alpha value is -3.87. The predicted molar refractivity (Wildman–Crippen MR) is 133 cm³/mol. The molecular weight excluding hydrogens is 449 g/mol. The molecule has 0 aliphatic heterocycles. The molecule has 0 aromatic heterocycles. The van der Waals surface area contributed by atoms with Crippen molar-refractivity contribution in [2.45, 2.75) is 32.8 Å². The Morgan fingerprint density at radius 3 is 1.66 bits per heavy atom. The second-order valence-electron chi connectivity index (χ2n) is 8.99. The van der Waals surface area contributed by atoms with Crippen molar-refractivity contribution in [3.05, 3.63) is 84.2 Å². The van der Waals surface area contributed by atoms with Crippen LogP contribution < -0.4 is 14.4 Å². The average Bonchev–Trinajstić information content (AvgIpc) is 2.83. The van der Waals surface area contributed by atoms with Crippen molar-refractivity contribution in [2.75, 3.05) is 19.1 Å². The first kappa shape index (κ1) is 25.7. The van der Waals surface area contributed by atoms with E-state index in [1.54, 1.807) is 95.7 Å². The number of rotatable bonds is 8. The first-order chi connectivity index (χ1) is 16.6. The number of carbonyl (C=O) groups is 2. The largest absolute Gasteiger partial charge is 0.497 e. The highest BCUT2D eigenvalue weighted by Crippen LogP contribution is 2.32. The van der Waals surface area contributed by atoms with E-state index in [1.807, 2.05) is 0 Å². The van der Waals surface area contributed by atoms with E-state index in [-0.39, 0.29) is 6.42 Å². The molecule has 3 rings (SSSR count). The minimum absolute atomic E-state index is 0.0524. The first-order valence-electron chi connectivity index (χ1n) is 11.2. The maximum Gasteiger partial charge on any atom is 0.319 e. The summed E-state index contributed by atoms with van der Waals surface area (Å²) in [7, 11) is 3.12. The first-order valence-corrected chi connectivity index (χ1v) is 11.2. The number of methoxy groups -OCH3 is 2. The molecule has 0 heterocycles. The van der Waals surface area contributed by atoms with Crippen LogP contribution in [-0.2, 0) is 20.7 Å². The van der Waals surface area contributed by atoms with Gasteiger partial charge >= 0.3 is 5.97 Å². The third kappa shape index (κ3) is 6.82. The molecule has 0 N–H and O–H groups in total. The van der Waals surface area contributed by atoms with Crippen LogP contribution in [0.5, 0.6) is 11.5 Å². The van der Waals surface area contributed by atoms with Crippen LogP contribution in [0, 0.1) is 11.7 Å². The highest BCUT2D eigenvalue weighted by Gasteiger charge is 2.36. The van der Waals surface area contributed by atoms with Crippen LogP contribution >= 0.6 is 0 Å². The number of anilines is 2. The second-order valence-corrected chi connectivity index (χ2v) is 8.99. The monoisotopic (exact) mass is 479 g/mol. The molecule has 1 atom stereocenters. The summed E-state index contributed by atoms with van der Waals surface area (Å²) in [5, 5.41) is 0. The fourth-order valence-electron chi connectivity index (χ4n) is 3.52. The molecule has 6 nitrogen and oxygen atoms in total. The summed E-state index contributed by atoms with van der Waals surface area (Å²) in [4.78, 5) is 28.8. The van der Waals surface area contributed by atoms with Crippen LogP contribution in [-0.4, -0.2) is 31.7 Å². The molecule has 0 saturated heterocycles. The Bertz CT molecular complexity index is 1090. The number of carbonyl (C=O) groups excluding carboxylic acids is 2. The van der Waals surface area contributed by atoms with Gasteiger partial charge in [-0.3, -0.25) is 14.5 Å². The van der Waals surface area contributed by atoms with Gasteiger partial charge in [-0.05, 0) is 93.4 Å². The predicted octanol–water partition coefficient (Wildman–Crippen LogP) is 5.71. The zero-order valence-corrected chi connectivity index (χ0v) is 20.6. The molecule has 0 spiro atoms. The van der Waals surface area contributed by atoms with Crippen LogP contribution in [0.25, 0.3) is 0 Å². The molecular formula is C28H30FNO5. The third-order valence-electron chi connectivity index (χ3n) is 5.22. The van der Waals surface area contributed by atoms with Crippen molar-refractivity contribution in [1.82, 2.24) is 0 Å². The van der Waals surface area contributed by atoms with E-state index in [0.29, 0.717) is 28.4 Å². The van der Waals surface area contributed by atoms with Crippen LogP contribution in [0.4, 0.5) is 15.8 Å². The SMILES string of the molecule is COc1ccc(N(C(=O)[C@H](Cc2ccc(F)cc2)C(=O)OC(C)(C)C)c2ccc(OC)cc2)cc1. The zero-order valence-electron chi connectivity index (χ0n) is 20.6. The van der Waals surface area contributed by atoms with Gasteiger partial charge in [0.2, 0.25) is 5.91 Å². The number of hydrogen-bond acceptors (Lipinski definition) is 5. The van der Waals surface area contributed by atoms with Crippen molar-refractivity contribution in [3.63, 3.8) is 0 Å². The Kier molecular flexibility index (Phi) is 8.12. The van der Waals surface area contributed by atoms with Gasteiger partial charge in [0.1, 0.15) is 28.8 Å². The maximum atomic E-state index is 14.0. The summed E-state index contributed by atoms with van der Waals surface area (Å²) in [6.07, 6.45) is 0.0524. The lowest BCUT2D eigenvalue weighted by Crippen LogP contribution is -2.41. The number of halogens is 1. The van der Waals surface area contributed by atoms with E-state index >= 15 is 0 Å². The Morgan fingerprint density at radius 2 is 1.26 bits per heavy atom. The molecule has 0 aliphatic carbocycles. The van der Waals surface area contributed by atoms with Crippen LogP contribution in [0.2, 0.25) is 0 Å². The van der Waals surface area contributed by atoms with Crippen molar-refractivity contribution < 1.29 is 28.2 Å². The van der Waals surface area contributed by atoms with Gasteiger partial charge in [0, 0.05) is 11.4 Å². The number of nitrogens with zero attached hydrogens (tertiary/aromatic N) is 1. The molecule has 7 heteroatoms. The smallest absolute Gasteiger partial charge is 0.319 e. The van der Waals surface area contributed by atoms with E-state index < -0.39 is 29.2 Å². The lowest BCUT2D eigenvalue weighted by molar-refractivity contribution is -0.161. The highest BCUT2D eigenvalue weighted by atomic mass is 19.1. The lowest BCUT2D eigenvalue weighted by Gasteiger charge is -2.29. The fraction of sp³-hybridized carbons (Fsp3) is 0.286. The molecule has 35 heavy (non-hydrogen) atoms. The molecule has 0 radical (unpaired) electrons. The van der Waals surface area contributed by atoms with Crippen molar-refractivity contribution >= 4 is 23.3 Å². The van der Waals surface area contributed by atoms with E-state index in [2.05, 4.69) is 0 Å². The van der Waals surface area contributed by atoms with E-state index in [0.717, 1.165) is 0 Å². The number of amides is 1. The van der Waals surface area contributed by atoms with Crippen LogP contribution in [0.3, 0.4) is 0 Å². The molecule has 3 aromatic rings. The molecule has 0 saturated carbocycles. The Balaban J connectivity index is 2.06. The normalized spacial score (nSPS) is 11.9. The number of hydrogen-bond donors (Lipinski definition) is 0. The van der Waals surface area contributed by atoms with Gasteiger partial charge in [-0.1, -0.05) is 12.1 Å². The van der Waals surface area contributed by atoms with E-state index in [4.69, 9.17) is 14.2 Å². The second kappa shape index (κ2) is 11.0. The van der Waals surface area contributed by atoms with Gasteiger partial charge in [-0.15, -0.1) is 0 Å². The van der Waals surface area contributed by atoms with Gasteiger partial charge in [0.25, 0.3) is 0 Å². The van der Waals surface area contributed by atoms with Gasteiger partial charge in [-0.2, -0.15) is 0 Å². The third-order valence-corrected chi connectivity index (χ3v) is 5.22. The average molecular weight is 480 g/mol. The standard InChI is InChI=1S/C28H30FNO5/c1-28(2,3)35-27(32)25(18-19-6-8-20(29)9-7-19)26(31)30(21-10-14-23(33-4)15-11-21)22-12-16-24(34-5)17-13-22/h6-17,25H,18H2,1-5H3/t25-/m0/s1. The lowest BCUT2D eigenvalue weighted by atomic mass is 9.96. The zero-order chi connectivity index (χ0) is 25.6. The van der Waals surface area contributed by atoms with Gasteiger partial charge in [-0.25, -0.2) is 4.39 Å². The maximum absolute atomic E-state index is 14.0.